The van der Waals surface area contributed by atoms with E-state index in [9.17, 15) is 18.0 Å². The summed E-state index contributed by atoms with van der Waals surface area (Å²) in [5, 5.41) is 12.2. The van der Waals surface area contributed by atoms with E-state index in [1.165, 1.54) is 18.2 Å². The van der Waals surface area contributed by atoms with E-state index < -0.39 is 12.3 Å². The zero-order valence-electron chi connectivity index (χ0n) is 16.7. The van der Waals surface area contributed by atoms with Crippen LogP contribution in [0.5, 0.6) is 11.5 Å². The normalized spacial score (nSPS) is 15.0. The van der Waals surface area contributed by atoms with Gasteiger partial charge in [0.05, 0.1) is 13.0 Å². The van der Waals surface area contributed by atoms with Crippen molar-refractivity contribution < 1.29 is 32.5 Å². The summed E-state index contributed by atoms with van der Waals surface area (Å²) in [6.07, 6.45) is -3.05. The number of carboxylic acids is 1. The van der Waals surface area contributed by atoms with Gasteiger partial charge >= 0.3 is 12.3 Å². The molecule has 0 bridgehead atoms. The second-order valence-electron chi connectivity index (χ2n) is 7.34. The maximum Gasteiger partial charge on any atom is 0.573 e. The van der Waals surface area contributed by atoms with Crippen molar-refractivity contribution in [2.75, 3.05) is 11.9 Å². The average molecular weight is 444 g/mol. The Bertz CT molecular complexity index is 1120. The molecule has 9 heteroatoms. The molecule has 6 nitrogen and oxygen atoms in total. The van der Waals surface area contributed by atoms with Gasteiger partial charge in [-0.2, -0.15) is 0 Å². The highest BCUT2D eigenvalue weighted by Crippen LogP contribution is 2.38. The Morgan fingerprint density at radius 2 is 1.97 bits per heavy atom. The summed E-state index contributed by atoms with van der Waals surface area (Å²) in [4.78, 5) is 15.4. The topological polar surface area (TPSA) is 80.7 Å². The SMILES string of the molecule is O=C(O)CC1COc2ccc(-c3ccc(NCc4cccc(OC(F)(F)F)c4)nc3)cc21. The zero-order chi connectivity index (χ0) is 22.7. The minimum atomic E-state index is -4.74. The highest BCUT2D eigenvalue weighted by molar-refractivity contribution is 5.71. The molecule has 166 valence electrons. The van der Waals surface area contributed by atoms with E-state index in [4.69, 9.17) is 9.84 Å². The van der Waals surface area contributed by atoms with Crippen molar-refractivity contribution in [2.24, 2.45) is 0 Å². The Balaban J connectivity index is 1.42. The predicted octanol–water partition coefficient (Wildman–Crippen LogP) is 5.21. The summed E-state index contributed by atoms with van der Waals surface area (Å²) in [5.74, 6) is -0.0769. The largest absolute Gasteiger partial charge is 0.573 e. The molecule has 32 heavy (non-hydrogen) atoms. The number of anilines is 1. The van der Waals surface area contributed by atoms with Gasteiger partial charge < -0.3 is 19.9 Å². The average Bonchev–Trinajstić information content (AvgIpc) is 3.13. The number of ether oxygens (including phenoxy) is 2. The molecule has 1 unspecified atom stereocenters. The molecule has 0 radical (unpaired) electrons. The van der Waals surface area contributed by atoms with Gasteiger partial charge in [0.1, 0.15) is 17.3 Å². The molecule has 0 saturated carbocycles. The number of fused-ring (bicyclic) bond motifs is 1. The number of nitrogens with zero attached hydrogens (tertiary/aromatic N) is 1. The van der Waals surface area contributed by atoms with Gasteiger partial charge in [0.25, 0.3) is 0 Å². The number of pyridine rings is 1. The van der Waals surface area contributed by atoms with E-state index in [2.05, 4.69) is 15.0 Å². The first-order valence-electron chi connectivity index (χ1n) is 9.80. The van der Waals surface area contributed by atoms with Gasteiger partial charge in [-0.05, 0) is 47.5 Å². The van der Waals surface area contributed by atoms with Crippen LogP contribution >= 0.6 is 0 Å². The fourth-order valence-electron chi connectivity index (χ4n) is 3.55. The van der Waals surface area contributed by atoms with Crippen LogP contribution in [0.4, 0.5) is 19.0 Å². The molecular formula is C23H19F3N2O4. The van der Waals surface area contributed by atoms with Crippen LogP contribution in [0.3, 0.4) is 0 Å². The van der Waals surface area contributed by atoms with Crippen LogP contribution in [0, 0.1) is 0 Å². The molecule has 1 aliphatic rings. The summed E-state index contributed by atoms with van der Waals surface area (Å²) in [6.45, 7) is 0.621. The molecule has 0 amide bonds. The minimum Gasteiger partial charge on any atom is -0.493 e. The molecule has 3 aromatic rings. The maximum atomic E-state index is 12.4. The molecule has 1 aliphatic heterocycles. The van der Waals surface area contributed by atoms with Crippen LogP contribution in [-0.4, -0.2) is 29.0 Å². The van der Waals surface area contributed by atoms with Crippen LogP contribution in [0.15, 0.2) is 60.8 Å². The molecule has 2 N–H and O–H groups in total. The highest BCUT2D eigenvalue weighted by Gasteiger charge is 2.31. The van der Waals surface area contributed by atoms with Gasteiger partial charge in [-0.3, -0.25) is 4.79 Å². The van der Waals surface area contributed by atoms with Crippen LogP contribution < -0.4 is 14.8 Å². The lowest BCUT2D eigenvalue weighted by atomic mass is 9.94. The van der Waals surface area contributed by atoms with Gasteiger partial charge in [-0.25, -0.2) is 4.98 Å². The van der Waals surface area contributed by atoms with E-state index in [0.717, 1.165) is 16.7 Å². The van der Waals surface area contributed by atoms with Crippen LogP contribution in [0.2, 0.25) is 0 Å². The first-order chi connectivity index (χ1) is 15.3. The number of carboxylic acid groups (broad SMARTS) is 1. The highest BCUT2D eigenvalue weighted by atomic mass is 19.4. The fourth-order valence-corrected chi connectivity index (χ4v) is 3.55. The first-order valence-corrected chi connectivity index (χ1v) is 9.80. The zero-order valence-corrected chi connectivity index (χ0v) is 16.7. The van der Waals surface area contributed by atoms with Crippen molar-refractivity contribution in [3.8, 4) is 22.6 Å². The lowest BCUT2D eigenvalue weighted by Crippen LogP contribution is -2.17. The minimum absolute atomic E-state index is 0.00672. The summed E-state index contributed by atoms with van der Waals surface area (Å²) in [6, 6.07) is 15.0. The molecule has 1 aromatic heterocycles. The Hall–Kier alpha value is -3.75. The molecular weight excluding hydrogens is 425 g/mol. The summed E-state index contributed by atoms with van der Waals surface area (Å²) < 4.78 is 46.6. The lowest BCUT2D eigenvalue weighted by Gasteiger charge is -2.11. The number of aromatic nitrogens is 1. The molecule has 0 fully saturated rings. The van der Waals surface area contributed by atoms with E-state index in [0.29, 0.717) is 23.7 Å². The van der Waals surface area contributed by atoms with Gasteiger partial charge in [-0.15, -0.1) is 13.2 Å². The Labute approximate surface area is 181 Å². The number of alkyl halides is 3. The van der Waals surface area contributed by atoms with Crippen LogP contribution in [-0.2, 0) is 11.3 Å². The first kappa shape index (κ1) is 21.5. The molecule has 0 saturated heterocycles. The van der Waals surface area contributed by atoms with Crippen molar-refractivity contribution in [1.82, 2.24) is 4.98 Å². The van der Waals surface area contributed by atoms with Gasteiger partial charge in [-0.1, -0.05) is 18.2 Å². The van der Waals surface area contributed by atoms with Crippen LogP contribution in [0.1, 0.15) is 23.5 Å². The molecule has 2 heterocycles. The van der Waals surface area contributed by atoms with E-state index in [-0.39, 0.29) is 24.6 Å². The van der Waals surface area contributed by atoms with Crippen molar-refractivity contribution in [3.05, 3.63) is 71.9 Å². The Morgan fingerprint density at radius 3 is 2.69 bits per heavy atom. The Morgan fingerprint density at radius 1 is 1.16 bits per heavy atom. The number of rotatable bonds is 7. The fraction of sp³-hybridized carbons (Fsp3) is 0.217. The molecule has 0 spiro atoms. The summed E-state index contributed by atoms with van der Waals surface area (Å²) in [5.41, 5.74) is 3.22. The second-order valence-corrected chi connectivity index (χ2v) is 7.34. The monoisotopic (exact) mass is 444 g/mol. The van der Waals surface area contributed by atoms with Gasteiger partial charge in [0.15, 0.2) is 0 Å². The number of hydrogen-bond acceptors (Lipinski definition) is 5. The number of benzene rings is 2. The van der Waals surface area contributed by atoms with Crippen molar-refractivity contribution >= 4 is 11.8 Å². The third-order valence-corrected chi connectivity index (χ3v) is 5.01. The summed E-state index contributed by atoms with van der Waals surface area (Å²) in [7, 11) is 0. The number of hydrogen-bond donors (Lipinski definition) is 2. The summed E-state index contributed by atoms with van der Waals surface area (Å²) >= 11 is 0. The van der Waals surface area contributed by atoms with Crippen LogP contribution in [0.25, 0.3) is 11.1 Å². The molecule has 2 aromatic carbocycles. The number of carbonyl (C=O) groups is 1. The maximum absolute atomic E-state index is 12.4. The number of nitrogens with one attached hydrogen (secondary N) is 1. The quantitative estimate of drug-likeness (QED) is 0.521. The van der Waals surface area contributed by atoms with Gasteiger partial charge in [0, 0.05) is 29.8 Å². The third kappa shape index (κ3) is 5.29. The molecule has 0 aliphatic carbocycles. The van der Waals surface area contributed by atoms with Crippen molar-refractivity contribution in [2.45, 2.75) is 25.2 Å². The van der Waals surface area contributed by atoms with E-state index in [1.54, 1.807) is 18.3 Å². The molecule has 1 atom stereocenters. The van der Waals surface area contributed by atoms with Crippen molar-refractivity contribution in [3.63, 3.8) is 0 Å². The Kier molecular flexibility index (Phi) is 5.89. The van der Waals surface area contributed by atoms with Crippen molar-refractivity contribution in [1.29, 1.82) is 0 Å². The third-order valence-electron chi connectivity index (χ3n) is 5.01. The van der Waals surface area contributed by atoms with Gasteiger partial charge in [0.2, 0.25) is 0 Å². The smallest absolute Gasteiger partial charge is 0.493 e. The van der Waals surface area contributed by atoms with E-state index >= 15 is 0 Å². The predicted molar refractivity (Wildman–Crippen MR) is 111 cm³/mol. The number of aliphatic carboxylic acids is 1. The second kappa shape index (κ2) is 8.78. The number of halogens is 3. The molecule has 4 rings (SSSR count). The lowest BCUT2D eigenvalue weighted by molar-refractivity contribution is -0.274. The van der Waals surface area contributed by atoms with E-state index in [1.807, 2.05) is 24.3 Å². The standard InChI is InChI=1S/C23H19F3N2O4/c24-23(25,26)32-18-3-1-2-14(8-18)11-27-21-7-5-16(12-28-21)15-4-6-20-19(9-15)17(13-31-20)10-22(29)30/h1-9,12,17H,10-11,13H2,(H,27,28)(H,29,30).